The van der Waals surface area contributed by atoms with Crippen LogP contribution in [0, 0.1) is 0 Å². The van der Waals surface area contributed by atoms with Gasteiger partial charge in [-0.25, -0.2) is 4.98 Å². The average Bonchev–Trinajstić information content (AvgIpc) is 2.92. The van der Waals surface area contributed by atoms with Crippen LogP contribution in [0.25, 0.3) is 10.9 Å². The number of pyridine rings is 1. The molecule has 0 bridgehead atoms. The lowest BCUT2D eigenvalue weighted by atomic mass is 10.0. The predicted molar refractivity (Wildman–Crippen MR) is 86.3 cm³/mol. The van der Waals surface area contributed by atoms with Crippen molar-refractivity contribution in [2.75, 3.05) is 18.5 Å². The van der Waals surface area contributed by atoms with Gasteiger partial charge in [-0.2, -0.15) is 0 Å². The Morgan fingerprint density at radius 1 is 1.29 bits per heavy atom. The third kappa shape index (κ3) is 2.87. The van der Waals surface area contributed by atoms with E-state index in [0.29, 0.717) is 13.1 Å². The van der Waals surface area contributed by atoms with Crippen LogP contribution in [0.5, 0.6) is 0 Å². The highest BCUT2D eigenvalue weighted by atomic mass is 16.3. The number of rotatable bonds is 4. The van der Waals surface area contributed by atoms with Crippen LogP contribution in [0.1, 0.15) is 31.2 Å². The molecule has 1 fully saturated rings. The van der Waals surface area contributed by atoms with Crippen molar-refractivity contribution in [2.45, 2.75) is 37.8 Å². The van der Waals surface area contributed by atoms with Crippen LogP contribution in [0.15, 0.2) is 30.3 Å². The van der Waals surface area contributed by atoms with Crippen LogP contribution in [0.3, 0.4) is 0 Å². The summed E-state index contributed by atoms with van der Waals surface area (Å²) in [6.45, 7) is 1.07. The zero-order valence-corrected chi connectivity index (χ0v) is 12.5. The van der Waals surface area contributed by atoms with Gasteiger partial charge < -0.3 is 15.7 Å². The molecule has 0 unspecified atom stereocenters. The second kappa shape index (κ2) is 5.62. The van der Waals surface area contributed by atoms with Gasteiger partial charge in [0.05, 0.1) is 11.1 Å². The molecule has 1 saturated carbocycles. The van der Waals surface area contributed by atoms with Gasteiger partial charge in [-0.3, -0.25) is 0 Å². The summed E-state index contributed by atoms with van der Waals surface area (Å²) < 4.78 is 0. The first-order valence-corrected chi connectivity index (χ1v) is 7.64. The van der Waals surface area contributed by atoms with Crippen molar-refractivity contribution in [3.8, 4) is 0 Å². The van der Waals surface area contributed by atoms with Gasteiger partial charge in [-0.1, -0.05) is 31.0 Å². The molecule has 3 rings (SSSR count). The van der Waals surface area contributed by atoms with Crippen LogP contribution >= 0.6 is 0 Å². The standard InChI is InChI=1S/C17H23N3O/c1-20(12-17(21)8-4-5-9-17)16-14(11-18)10-13-6-2-3-7-15(13)19-16/h2-3,6-7,10,21H,4-5,8-9,11-12,18H2,1H3. The number of para-hydroxylation sites is 1. The summed E-state index contributed by atoms with van der Waals surface area (Å²) in [6.07, 6.45) is 3.98. The van der Waals surface area contributed by atoms with Gasteiger partial charge >= 0.3 is 0 Å². The minimum atomic E-state index is -0.575. The van der Waals surface area contributed by atoms with Crippen molar-refractivity contribution in [3.05, 3.63) is 35.9 Å². The van der Waals surface area contributed by atoms with Crippen LogP contribution < -0.4 is 10.6 Å². The first-order chi connectivity index (χ1) is 10.1. The number of anilines is 1. The fourth-order valence-corrected chi connectivity index (χ4v) is 3.34. The molecule has 21 heavy (non-hydrogen) atoms. The first-order valence-electron chi connectivity index (χ1n) is 7.64. The molecular weight excluding hydrogens is 262 g/mol. The van der Waals surface area contributed by atoms with Crippen molar-refractivity contribution >= 4 is 16.7 Å². The molecule has 4 nitrogen and oxygen atoms in total. The smallest absolute Gasteiger partial charge is 0.133 e. The monoisotopic (exact) mass is 285 g/mol. The minimum Gasteiger partial charge on any atom is -0.388 e. The largest absolute Gasteiger partial charge is 0.388 e. The minimum absolute atomic E-state index is 0.454. The van der Waals surface area contributed by atoms with E-state index in [1.54, 1.807) is 0 Å². The summed E-state index contributed by atoms with van der Waals surface area (Å²) in [5.74, 6) is 0.886. The number of hydrogen-bond donors (Lipinski definition) is 2. The molecule has 112 valence electrons. The first kappa shape index (κ1) is 14.3. The van der Waals surface area contributed by atoms with E-state index in [4.69, 9.17) is 10.7 Å². The SMILES string of the molecule is CN(CC1(O)CCCC1)c1nc2ccccc2cc1CN. The molecular formula is C17H23N3O. The van der Waals surface area contributed by atoms with Crippen molar-refractivity contribution in [2.24, 2.45) is 5.73 Å². The maximum absolute atomic E-state index is 10.6. The number of fused-ring (bicyclic) bond motifs is 1. The highest BCUT2D eigenvalue weighted by Gasteiger charge is 2.33. The number of likely N-dealkylation sites (N-methyl/N-ethyl adjacent to an activating group) is 1. The van der Waals surface area contributed by atoms with Gasteiger partial charge in [0.2, 0.25) is 0 Å². The van der Waals surface area contributed by atoms with Crippen molar-refractivity contribution < 1.29 is 5.11 Å². The van der Waals surface area contributed by atoms with Gasteiger partial charge in [0.25, 0.3) is 0 Å². The maximum atomic E-state index is 10.6. The van der Waals surface area contributed by atoms with E-state index in [2.05, 4.69) is 17.0 Å². The van der Waals surface area contributed by atoms with E-state index in [9.17, 15) is 5.11 Å². The Bertz CT molecular complexity index is 635. The number of benzene rings is 1. The van der Waals surface area contributed by atoms with E-state index in [-0.39, 0.29) is 0 Å². The second-order valence-corrected chi connectivity index (χ2v) is 6.16. The summed E-state index contributed by atoms with van der Waals surface area (Å²) in [6, 6.07) is 10.2. The molecule has 1 aliphatic carbocycles. The Labute approximate surface area is 125 Å². The third-order valence-corrected chi connectivity index (χ3v) is 4.43. The van der Waals surface area contributed by atoms with Crippen LogP contribution in [0.4, 0.5) is 5.82 Å². The molecule has 2 aromatic rings. The molecule has 3 N–H and O–H groups in total. The highest BCUT2D eigenvalue weighted by molar-refractivity contribution is 5.81. The predicted octanol–water partition coefficient (Wildman–Crippen LogP) is 2.43. The molecule has 4 heteroatoms. The van der Waals surface area contributed by atoms with Crippen molar-refractivity contribution in [3.63, 3.8) is 0 Å². The molecule has 0 radical (unpaired) electrons. The summed E-state index contributed by atoms with van der Waals surface area (Å²) in [5.41, 5.74) is 7.31. The summed E-state index contributed by atoms with van der Waals surface area (Å²) in [5, 5.41) is 11.7. The van der Waals surface area contributed by atoms with Gasteiger partial charge in [0, 0.05) is 31.1 Å². The highest BCUT2D eigenvalue weighted by Crippen LogP contribution is 2.32. The lowest BCUT2D eigenvalue weighted by Gasteiger charge is -2.30. The number of hydrogen-bond acceptors (Lipinski definition) is 4. The zero-order chi connectivity index (χ0) is 14.9. The Hall–Kier alpha value is -1.65. The maximum Gasteiger partial charge on any atom is 0.133 e. The average molecular weight is 285 g/mol. The zero-order valence-electron chi connectivity index (χ0n) is 12.5. The molecule has 0 aliphatic heterocycles. The van der Waals surface area contributed by atoms with E-state index < -0.39 is 5.60 Å². The van der Waals surface area contributed by atoms with Gasteiger partial charge in [-0.05, 0) is 25.0 Å². The molecule has 1 aliphatic rings. The second-order valence-electron chi connectivity index (χ2n) is 6.16. The topological polar surface area (TPSA) is 62.4 Å². The summed E-state index contributed by atoms with van der Waals surface area (Å²) >= 11 is 0. The molecule has 0 saturated heterocycles. The Morgan fingerprint density at radius 2 is 2.00 bits per heavy atom. The molecule has 1 aromatic heterocycles. The third-order valence-electron chi connectivity index (χ3n) is 4.43. The lowest BCUT2D eigenvalue weighted by Crippen LogP contribution is -2.40. The molecule has 0 spiro atoms. The van der Waals surface area contributed by atoms with E-state index in [0.717, 1.165) is 48.0 Å². The summed E-state index contributed by atoms with van der Waals surface area (Å²) in [4.78, 5) is 6.81. The lowest BCUT2D eigenvalue weighted by molar-refractivity contribution is 0.0558. The quantitative estimate of drug-likeness (QED) is 0.905. The van der Waals surface area contributed by atoms with Gasteiger partial charge in [-0.15, -0.1) is 0 Å². The van der Waals surface area contributed by atoms with E-state index >= 15 is 0 Å². The van der Waals surface area contributed by atoms with Crippen molar-refractivity contribution in [1.29, 1.82) is 0 Å². The Balaban J connectivity index is 1.94. The van der Waals surface area contributed by atoms with Gasteiger partial charge in [0.15, 0.2) is 0 Å². The molecule has 0 amide bonds. The fourth-order valence-electron chi connectivity index (χ4n) is 3.34. The molecule has 1 aromatic carbocycles. The molecule has 0 atom stereocenters. The molecule has 1 heterocycles. The fraction of sp³-hybridized carbons (Fsp3) is 0.471. The number of nitrogens with zero attached hydrogens (tertiary/aromatic N) is 2. The van der Waals surface area contributed by atoms with Crippen molar-refractivity contribution in [1.82, 2.24) is 4.98 Å². The van der Waals surface area contributed by atoms with E-state index in [1.807, 2.05) is 25.2 Å². The number of aliphatic hydroxyl groups is 1. The Morgan fingerprint density at radius 3 is 2.71 bits per heavy atom. The number of aromatic nitrogens is 1. The van der Waals surface area contributed by atoms with Crippen LogP contribution in [-0.4, -0.2) is 29.3 Å². The van der Waals surface area contributed by atoms with Crippen LogP contribution in [0.2, 0.25) is 0 Å². The normalized spacial score (nSPS) is 17.3. The van der Waals surface area contributed by atoms with Gasteiger partial charge in [0.1, 0.15) is 5.82 Å². The van der Waals surface area contributed by atoms with Crippen LogP contribution in [-0.2, 0) is 6.54 Å². The number of nitrogens with two attached hydrogens (primary N) is 1. The van der Waals surface area contributed by atoms with E-state index in [1.165, 1.54) is 0 Å². The summed E-state index contributed by atoms with van der Waals surface area (Å²) in [7, 11) is 1.99. The Kier molecular flexibility index (Phi) is 3.83.